The van der Waals surface area contributed by atoms with Gasteiger partial charge >= 0.3 is 16.8 Å². The molecule has 0 aliphatic carbocycles. The minimum atomic E-state index is 0. The van der Waals surface area contributed by atoms with E-state index in [0.717, 1.165) is 0 Å². The largest absolute Gasteiger partial charge is 2.00 e. The van der Waals surface area contributed by atoms with Gasteiger partial charge in [0.15, 0.2) is 0 Å². The van der Waals surface area contributed by atoms with E-state index in [1.807, 2.05) is 0 Å². The molecule has 5 heavy (non-hydrogen) atoms. The first kappa shape index (κ1) is 53.4. The molecule has 0 aliphatic heterocycles. The maximum atomic E-state index is 0. The van der Waals surface area contributed by atoms with E-state index in [4.69, 9.17) is 0 Å². The fourth-order valence-corrected chi connectivity index (χ4v) is 0. The van der Waals surface area contributed by atoms with Gasteiger partial charge in [0, 0.05) is 59.2 Å². The van der Waals surface area contributed by atoms with Gasteiger partial charge in [-0.1, -0.05) is 0 Å². The molecule has 0 rings (SSSR count). The van der Waals surface area contributed by atoms with Gasteiger partial charge in [-0.05, 0) is 0 Å². The summed E-state index contributed by atoms with van der Waals surface area (Å²) in [5.74, 6) is 0. The van der Waals surface area contributed by atoms with E-state index in [-0.39, 0.29) is 81.5 Å². The van der Waals surface area contributed by atoms with Crippen molar-refractivity contribution in [2.24, 2.45) is 0 Å². The van der Waals surface area contributed by atoms with E-state index in [1.54, 1.807) is 0 Å². The van der Waals surface area contributed by atoms with E-state index in [1.165, 1.54) is 0 Å². The zero-order chi connectivity index (χ0) is 0. The van der Waals surface area contributed by atoms with Gasteiger partial charge in [-0.3, -0.25) is 0 Å². The number of hydrogen-bond donors (Lipinski definition) is 0. The normalized spacial score (nSPS) is 0. The van der Waals surface area contributed by atoms with Gasteiger partial charge in [-0.25, -0.2) is 0 Å². The molecular weight excluding hydrogens is 411 g/mol. The van der Waals surface area contributed by atoms with Crippen LogP contribution in [0.4, 0.5) is 0 Å². The first-order chi connectivity index (χ1) is 0. The van der Waals surface area contributed by atoms with E-state index in [2.05, 4.69) is 0 Å². The predicted octanol–water partition coefficient (Wildman–Crippen LogP) is -0.129. The summed E-state index contributed by atoms with van der Waals surface area (Å²) in [6.45, 7) is 0. The summed E-state index contributed by atoms with van der Waals surface area (Å²) in [5.41, 5.74) is 0. The summed E-state index contributed by atoms with van der Waals surface area (Å²) in [7, 11) is 0. The molecule has 0 N–H and O–H groups in total. The number of rotatable bonds is 0. The molecule has 0 saturated carbocycles. The SMILES string of the molecule is [Co+2].[Fe].[Mo].[O-2].[W]. The molecule has 0 saturated heterocycles. The van der Waals surface area contributed by atoms with Crippen molar-refractivity contribution in [1.82, 2.24) is 0 Å². The Morgan fingerprint density at radius 1 is 1.00 bits per heavy atom. The Balaban J connectivity index is 0. The van der Waals surface area contributed by atoms with Crippen molar-refractivity contribution in [2.45, 2.75) is 0 Å². The van der Waals surface area contributed by atoms with Crippen LogP contribution in [0.15, 0.2) is 0 Å². The first-order valence-corrected chi connectivity index (χ1v) is 0. The standard InChI is InChI=1S/Co.Fe.Mo.O.W/q+2;;;-2;. The molecule has 0 unspecified atom stereocenters. The van der Waals surface area contributed by atoms with Crippen LogP contribution < -0.4 is 0 Å². The van der Waals surface area contributed by atoms with Gasteiger partial charge in [-0.15, -0.1) is 0 Å². The van der Waals surface area contributed by atoms with Crippen LogP contribution in [-0.4, -0.2) is 0 Å². The van der Waals surface area contributed by atoms with Crippen LogP contribution in [-0.2, 0) is 81.5 Å². The molecule has 1 nitrogen and oxygen atoms in total. The molecule has 0 amide bonds. The fraction of sp³-hybridized carbons (Fsp3) is 0. The summed E-state index contributed by atoms with van der Waals surface area (Å²) >= 11 is 0. The minimum absolute atomic E-state index is 0. The molecule has 0 fully saturated rings. The third kappa shape index (κ3) is 21.7. The topological polar surface area (TPSA) is 28.5 Å². The van der Waals surface area contributed by atoms with Gasteiger partial charge in [0.25, 0.3) is 0 Å². The molecular formula is CoFeMoOW. The monoisotopic (exact) mass is 413 g/mol. The molecule has 0 atom stereocenters. The molecule has 0 aromatic rings. The second kappa shape index (κ2) is 32.8. The van der Waals surface area contributed by atoms with E-state index >= 15 is 0 Å². The molecule has 0 heterocycles. The van der Waals surface area contributed by atoms with E-state index in [9.17, 15) is 0 Å². The molecule has 0 aromatic carbocycles. The molecule has 5 heteroatoms. The van der Waals surface area contributed by atoms with E-state index in [0.29, 0.717) is 0 Å². The van der Waals surface area contributed by atoms with Crippen molar-refractivity contribution in [3.8, 4) is 0 Å². The van der Waals surface area contributed by atoms with Crippen molar-refractivity contribution in [3.05, 3.63) is 0 Å². The summed E-state index contributed by atoms with van der Waals surface area (Å²) < 4.78 is 0. The average Bonchev–Trinajstić information content (AvgIpc) is 0. The van der Waals surface area contributed by atoms with Crippen molar-refractivity contribution in [1.29, 1.82) is 0 Å². The fourth-order valence-electron chi connectivity index (χ4n) is 0. The van der Waals surface area contributed by atoms with Crippen molar-refractivity contribution in [3.63, 3.8) is 0 Å². The molecule has 0 aliphatic rings. The maximum Gasteiger partial charge on any atom is 2.00 e. The first-order valence-electron chi connectivity index (χ1n) is 0. The molecule has 1 radical (unpaired) electrons. The van der Waals surface area contributed by atoms with Crippen LogP contribution in [0.1, 0.15) is 0 Å². The third-order valence-electron chi connectivity index (χ3n) is 0. The summed E-state index contributed by atoms with van der Waals surface area (Å²) in [6.07, 6.45) is 0. The second-order valence-electron chi connectivity index (χ2n) is 0. The zero-order valence-corrected chi connectivity index (χ0v) is 9.00. The Bertz CT molecular complexity index is 11.6. The van der Waals surface area contributed by atoms with Gasteiger partial charge in [0.2, 0.25) is 0 Å². The van der Waals surface area contributed by atoms with Gasteiger partial charge in [-0.2, -0.15) is 0 Å². The summed E-state index contributed by atoms with van der Waals surface area (Å²) in [5, 5.41) is 0. The Labute approximate surface area is 80.5 Å². The number of hydrogen-bond acceptors (Lipinski definition) is 0. The van der Waals surface area contributed by atoms with Crippen molar-refractivity contribution < 1.29 is 81.5 Å². The van der Waals surface area contributed by atoms with E-state index < -0.39 is 0 Å². The minimum Gasteiger partial charge on any atom is -2.00 e. The van der Waals surface area contributed by atoms with Crippen molar-refractivity contribution >= 4 is 0 Å². The molecule has 0 bridgehead atoms. The molecule has 0 aromatic heterocycles. The maximum absolute atomic E-state index is 0. The summed E-state index contributed by atoms with van der Waals surface area (Å²) in [4.78, 5) is 0. The van der Waals surface area contributed by atoms with Crippen LogP contribution in [0, 0.1) is 0 Å². The zero-order valence-electron chi connectivity index (χ0n) is 1.91. The quantitative estimate of drug-likeness (QED) is 0.498. The van der Waals surface area contributed by atoms with Gasteiger partial charge < -0.3 is 5.48 Å². The predicted molar refractivity (Wildman–Crippen MR) is 0.686 cm³/mol. The van der Waals surface area contributed by atoms with Crippen LogP contribution in [0.2, 0.25) is 0 Å². The van der Waals surface area contributed by atoms with Crippen LogP contribution in [0.5, 0.6) is 0 Å². The molecule has 35 valence electrons. The van der Waals surface area contributed by atoms with Crippen molar-refractivity contribution in [2.75, 3.05) is 0 Å². The Morgan fingerprint density at radius 2 is 1.00 bits per heavy atom. The molecule has 0 spiro atoms. The van der Waals surface area contributed by atoms with Gasteiger partial charge in [0.05, 0.1) is 0 Å². The van der Waals surface area contributed by atoms with Gasteiger partial charge in [0.1, 0.15) is 0 Å². The van der Waals surface area contributed by atoms with Crippen LogP contribution in [0.3, 0.4) is 0 Å². The van der Waals surface area contributed by atoms with Crippen LogP contribution in [0.25, 0.3) is 0 Å². The summed E-state index contributed by atoms with van der Waals surface area (Å²) in [6, 6.07) is 0. The average molecular weight is 411 g/mol. The smallest absolute Gasteiger partial charge is 2.00 e. The Kier molecular flexibility index (Phi) is 350. The Hall–Kier alpha value is 2.36. The van der Waals surface area contributed by atoms with Crippen LogP contribution >= 0.6 is 0 Å². The second-order valence-corrected chi connectivity index (χ2v) is 0. The third-order valence-corrected chi connectivity index (χ3v) is 0. The Morgan fingerprint density at radius 3 is 1.00 bits per heavy atom.